The Morgan fingerprint density at radius 1 is 1.09 bits per heavy atom. The summed E-state index contributed by atoms with van der Waals surface area (Å²) in [6.45, 7) is 6.48. The number of aryl methyl sites for hydroxylation is 1. The van der Waals surface area contributed by atoms with Crippen LogP contribution in [-0.2, 0) is 6.54 Å². The third-order valence-electron chi connectivity index (χ3n) is 6.33. The fraction of sp³-hybridized carbons (Fsp3) is 0.292. The number of halogens is 2. The number of nitrogens with zero attached hydrogens (tertiary/aromatic N) is 6. The summed E-state index contributed by atoms with van der Waals surface area (Å²) in [5.74, 6) is 1.72. The molecule has 2 N–H and O–H groups in total. The zero-order chi connectivity index (χ0) is 24.1. The number of H-pyrrole nitrogens is 1. The van der Waals surface area contributed by atoms with E-state index in [1.165, 1.54) is 4.88 Å². The maximum absolute atomic E-state index is 6.17. The molecule has 0 saturated carbocycles. The number of hydrogen-bond acceptors (Lipinski definition) is 7. The van der Waals surface area contributed by atoms with E-state index in [9.17, 15) is 0 Å². The second kappa shape index (κ2) is 8.98. The molecule has 1 aliphatic heterocycles. The van der Waals surface area contributed by atoms with E-state index in [0.717, 1.165) is 71.4 Å². The van der Waals surface area contributed by atoms with Gasteiger partial charge >= 0.3 is 0 Å². The summed E-state index contributed by atoms with van der Waals surface area (Å²) in [6.07, 6.45) is 1.90. The van der Waals surface area contributed by atoms with Crippen LogP contribution >= 0.6 is 34.5 Å². The minimum atomic E-state index is 0.492. The number of thiophene rings is 1. The first-order valence-corrected chi connectivity index (χ1v) is 13.0. The molecule has 35 heavy (non-hydrogen) atoms. The highest BCUT2D eigenvalue weighted by Crippen LogP contribution is 2.31. The number of anilines is 2. The molecule has 0 aliphatic carbocycles. The van der Waals surface area contributed by atoms with Crippen molar-refractivity contribution in [2.75, 3.05) is 43.4 Å². The van der Waals surface area contributed by atoms with Crippen molar-refractivity contribution < 1.29 is 0 Å². The average molecular weight is 527 g/mol. The summed E-state index contributed by atoms with van der Waals surface area (Å²) in [6, 6.07) is 7.84. The number of fused-ring (bicyclic) bond motifs is 2. The van der Waals surface area contributed by atoms with Gasteiger partial charge in [-0.05, 0) is 32.2 Å². The molecular formula is C24H24Cl2N8S. The molecule has 0 unspecified atom stereocenters. The lowest BCUT2D eigenvalue weighted by atomic mass is 10.2. The van der Waals surface area contributed by atoms with Crippen molar-refractivity contribution in [3.05, 3.63) is 56.6 Å². The van der Waals surface area contributed by atoms with Gasteiger partial charge in [-0.15, -0.1) is 16.4 Å². The first kappa shape index (κ1) is 22.6. The topological polar surface area (TPSA) is 77.4 Å². The van der Waals surface area contributed by atoms with Gasteiger partial charge in [0.25, 0.3) is 0 Å². The van der Waals surface area contributed by atoms with Gasteiger partial charge in [0.15, 0.2) is 11.5 Å². The van der Waals surface area contributed by atoms with E-state index in [0.29, 0.717) is 16.6 Å². The highest BCUT2D eigenvalue weighted by atomic mass is 35.5. The third-order valence-corrected chi connectivity index (χ3v) is 7.91. The summed E-state index contributed by atoms with van der Waals surface area (Å²) < 4.78 is 1.95. The highest BCUT2D eigenvalue weighted by Gasteiger charge is 2.20. The molecule has 180 valence electrons. The molecule has 0 radical (unpaired) electrons. The number of benzene rings is 1. The Balaban J connectivity index is 1.37. The van der Waals surface area contributed by atoms with Crippen LogP contribution in [0.25, 0.3) is 27.9 Å². The summed E-state index contributed by atoms with van der Waals surface area (Å²) >= 11 is 14.1. The summed E-state index contributed by atoms with van der Waals surface area (Å²) in [4.78, 5) is 18.7. The number of piperazine rings is 1. The minimum absolute atomic E-state index is 0.492. The van der Waals surface area contributed by atoms with Gasteiger partial charge in [-0.25, -0.2) is 14.5 Å². The van der Waals surface area contributed by atoms with Gasteiger partial charge in [0.2, 0.25) is 0 Å². The van der Waals surface area contributed by atoms with Crippen molar-refractivity contribution in [1.29, 1.82) is 0 Å². The first-order chi connectivity index (χ1) is 16.9. The maximum Gasteiger partial charge on any atom is 0.177 e. The van der Waals surface area contributed by atoms with E-state index in [1.807, 2.05) is 10.7 Å². The van der Waals surface area contributed by atoms with Gasteiger partial charge < -0.3 is 20.1 Å². The largest absolute Gasteiger partial charge is 0.375 e. The highest BCUT2D eigenvalue weighted by molar-refractivity contribution is 7.10. The molecule has 1 fully saturated rings. The van der Waals surface area contributed by atoms with E-state index in [4.69, 9.17) is 33.3 Å². The van der Waals surface area contributed by atoms with Crippen LogP contribution in [0.4, 0.5) is 11.5 Å². The number of aromatic nitrogens is 5. The maximum atomic E-state index is 6.17. The van der Waals surface area contributed by atoms with E-state index in [1.54, 1.807) is 23.5 Å². The van der Waals surface area contributed by atoms with Crippen molar-refractivity contribution in [3.63, 3.8) is 0 Å². The zero-order valence-corrected chi connectivity index (χ0v) is 21.7. The normalized spacial score (nSPS) is 14.9. The number of hydrogen-bond donors (Lipinski definition) is 2. The van der Waals surface area contributed by atoms with E-state index in [-0.39, 0.29) is 0 Å². The number of imidazole rings is 2. The molecule has 5 aromatic rings. The predicted molar refractivity (Wildman–Crippen MR) is 144 cm³/mol. The lowest BCUT2D eigenvalue weighted by Crippen LogP contribution is -2.45. The molecule has 0 spiro atoms. The van der Waals surface area contributed by atoms with E-state index in [2.05, 4.69) is 56.6 Å². The lowest BCUT2D eigenvalue weighted by molar-refractivity contribution is 0.311. The number of likely N-dealkylation sites (N-methyl/N-ethyl adjacent to an activating group) is 1. The van der Waals surface area contributed by atoms with Crippen molar-refractivity contribution in [2.24, 2.45) is 0 Å². The number of nitrogens with one attached hydrogen (secondary N) is 2. The number of rotatable bonds is 5. The molecule has 1 aromatic carbocycles. The van der Waals surface area contributed by atoms with Crippen molar-refractivity contribution in [2.45, 2.75) is 13.5 Å². The molecule has 0 bridgehead atoms. The van der Waals surface area contributed by atoms with Crippen LogP contribution in [0, 0.1) is 6.92 Å². The Hall–Kier alpha value is -2.85. The molecule has 8 nitrogen and oxygen atoms in total. The van der Waals surface area contributed by atoms with Crippen molar-refractivity contribution in [3.8, 4) is 11.3 Å². The molecule has 0 atom stereocenters. The Morgan fingerprint density at radius 3 is 2.66 bits per heavy atom. The average Bonchev–Trinajstić information content (AvgIpc) is 3.56. The minimum Gasteiger partial charge on any atom is -0.375 e. The quantitative estimate of drug-likeness (QED) is 0.323. The lowest BCUT2D eigenvalue weighted by Gasteiger charge is -2.33. The van der Waals surface area contributed by atoms with Gasteiger partial charge in [-0.3, -0.25) is 0 Å². The van der Waals surface area contributed by atoms with Gasteiger partial charge in [0, 0.05) is 48.1 Å². The second-order valence-corrected chi connectivity index (χ2v) is 10.8. The van der Waals surface area contributed by atoms with E-state index >= 15 is 0 Å². The standard InChI is InChI=1S/C24H24Cl2N8S/c1-14-7-15(13-35-14)21-11-28-24-20(10-23(31-34(21)24)33-5-3-32(2)4-6-33)27-12-22-29-18-8-16(25)17(26)9-19(18)30-22/h7-11,13,27H,3-6,12H2,1-2H3,(H,29,30). The second-order valence-electron chi connectivity index (χ2n) is 8.85. The Morgan fingerprint density at radius 2 is 1.89 bits per heavy atom. The van der Waals surface area contributed by atoms with Gasteiger partial charge in [-0.2, -0.15) is 0 Å². The van der Waals surface area contributed by atoms with E-state index < -0.39 is 0 Å². The molecule has 1 aliphatic rings. The van der Waals surface area contributed by atoms with Crippen LogP contribution in [0.5, 0.6) is 0 Å². The van der Waals surface area contributed by atoms with Gasteiger partial charge in [0.1, 0.15) is 5.82 Å². The molecule has 1 saturated heterocycles. The van der Waals surface area contributed by atoms with Crippen molar-refractivity contribution >= 4 is 62.7 Å². The molecule has 4 aromatic heterocycles. The van der Waals surface area contributed by atoms with Crippen LogP contribution in [0.1, 0.15) is 10.7 Å². The summed E-state index contributed by atoms with van der Waals surface area (Å²) in [7, 11) is 2.15. The first-order valence-electron chi connectivity index (χ1n) is 11.4. The monoisotopic (exact) mass is 526 g/mol. The Labute approximate surface area is 216 Å². The van der Waals surface area contributed by atoms with Crippen LogP contribution in [-0.4, -0.2) is 62.7 Å². The molecule has 0 amide bonds. The fourth-order valence-corrected chi connectivity index (χ4v) is 5.39. The molecule has 6 rings (SSSR count). The van der Waals surface area contributed by atoms with Crippen LogP contribution < -0.4 is 10.2 Å². The smallest absolute Gasteiger partial charge is 0.177 e. The fourth-order valence-electron chi connectivity index (χ4n) is 4.37. The van der Waals surface area contributed by atoms with Gasteiger partial charge in [-0.1, -0.05) is 23.2 Å². The van der Waals surface area contributed by atoms with Crippen LogP contribution in [0.2, 0.25) is 10.0 Å². The summed E-state index contributed by atoms with van der Waals surface area (Å²) in [5, 5.41) is 11.7. The third kappa shape index (κ3) is 4.33. The Bertz CT molecular complexity index is 1490. The Kier molecular flexibility index (Phi) is 5.80. The summed E-state index contributed by atoms with van der Waals surface area (Å²) in [5.41, 5.74) is 5.43. The number of aromatic amines is 1. The predicted octanol–water partition coefficient (Wildman–Crippen LogP) is 5.31. The molecular weight excluding hydrogens is 503 g/mol. The molecule has 5 heterocycles. The SMILES string of the molecule is Cc1cc(-c2cnc3c(NCc4nc5cc(Cl)c(Cl)cc5[nH]4)cc(N4CCN(C)CC4)nn23)cs1. The van der Waals surface area contributed by atoms with Gasteiger partial charge in [0.05, 0.1) is 45.2 Å². The molecule has 11 heteroatoms. The zero-order valence-electron chi connectivity index (χ0n) is 19.3. The van der Waals surface area contributed by atoms with Crippen LogP contribution in [0.3, 0.4) is 0 Å². The van der Waals surface area contributed by atoms with Crippen LogP contribution in [0.15, 0.2) is 35.8 Å². The van der Waals surface area contributed by atoms with Crippen molar-refractivity contribution in [1.82, 2.24) is 29.5 Å².